The molecule has 0 aliphatic rings. The van der Waals surface area contributed by atoms with Crippen LogP contribution >= 0.6 is 11.8 Å². The van der Waals surface area contributed by atoms with E-state index in [1.54, 1.807) is 36.0 Å². The Labute approximate surface area is 133 Å². The number of thioether (sulfide) groups is 1. The highest BCUT2D eigenvalue weighted by Gasteiger charge is 2.22. The number of benzene rings is 2. The molecule has 2 aromatic rings. The predicted octanol–water partition coefficient (Wildman–Crippen LogP) is 2.94. The van der Waals surface area contributed by atoms with Crippen LogP contribution in [-0.4, -0.2) is 17.6 Å². The van der Waals surface area contributed by atoms with E-state index in [1.165, 1.54) is 0 Å². The Morgan fingerprint density at radius 3 is 2.18 bits per heavy atom. The molecule has 0 aromatic heterocycles. The van der Waals surface area contributed by atoms with Crippen LogP contribution in [0.25, 0.3) is 0 Å². The number of primary amides is 1. The van der Waals surface area contributed by atoms with Crippen LogP contribution in [0.4, 0.5) is 0 Å². The predicted molar refractivity (Wildman–Crippen MR) is 86.3 cm³/mol. The molecule has 0 spiro atoms. The third-order valence-corrected chi connectivity index (χ3v) is 3.94. The van der Waals surface area contributed by atoms with Crippen LogP contribution in [0, 0.1) is 0 Å². The lowest BCUT2D eigenvalue weighted by Gasteiger charge is -2.14. The summed E-state index contributed by atoms with van der Waals surface area (Å²) in [6, 6.07) is 18.6. The smallest absolute Gasteiger partial charge is 0.307 e. The molecular formula is C17H17NO3S. The van der Waals surface area contributed by atoms with Crippen LogP contribution in [0.5, 0.6) is 0 Å². The minimum absolute atomic E-state index is 0.218. The van der Waals surface area contributed by atoms with Gasteiger partial charge in [0, 0.05) is 16.2 Å². The van der Waals surface area contributed by atoms with Crippen molar-refractivity contribution in [3.63, 3.8) is 0 Å². The monoisotopic (exact) mass is 315 g/mol. The van der Waals surface area contributed by atoms with Gasteiger partial charge in [-0.3, -0.25) is 9.59 Å². The number of carbonyl (C=O) groups is 2. The molecule has 0 fully saturated rings. The van der Waals surface area contributed by atoms with E-state index in [4.69, 9.17) is 10.5 Å². The van der Waals surface area contributed by atoms with Gasteiger partial charge in [-0.15, -0.1) is 11.8 Å². The highest BCUT2D eigenvalue weighted by molar-refractivity contribution is 7.99. The number of hydrogen-bond donors (Lipinski definition) is 1. The Hall–Kier alpha value is -2.27. The molecule has 2 aromatic carbocycles. The Bertz CT molecular complexity index is 616. The quantitative estimate of drug-likeness (QED) is 0.630. The number of nitrogens with two attached hydrogens (primary N) is 1. The van der Waals surface area contributed by atoms with Gasteiger partial charge in [0.15, 0.2) is 0 Å². The summed E-state index contributed by atoms with van der Waals surface area (Å²) in [6.45, 7) is 0. The molecule has 4 nitrogen and oxygen atoms in total. The zero-order valence-electron chi connectivity index (χ0n) is 12.0. The van der Waals surface area contributed by atoms with E-state index in [-0.39, 0.29) is 6.42 Å². The Morgan fingerprint density at radius 2 is 1.59 bits per heavy atom. The standard InChI is InChI=1S/C17H17NO3S/c18-17(20)16(13-7-3-1-4-8-13)21-15(19)11-12-22-14-9-5-2-6-10-14/h1-10,16H,11-12H2,(H2,18,20). The van der Waals surface area contributed by atoms with Gasteiger partial charge in [-0.1, -0.05) is 48.5 Å². The summed E-state index contributed by atoms with van der Waals surface area (Å²) in [6.07, 6.45) is -0.814. The fourth-order valence-electron chi connectivity index (χ4n) is 1.88. The molecule has 2 rings (SSSR count). The maximum Gasteiger partial charge on any atom is 0.307 e. The van der Waals surface area contributed by atoms with E-state index in [9.17, 15) is 9.59 Å². The number of ether oxygens (including phenoxy) is 1. The summed E-state index contributed by atoms with van der Waals surface area (Å²) in [5, 5.41) is 0. The lowest BCUT2D eigenvalue weighted by molar-refractivity contribution is -0.155. The Morgan fingerprint density at radius 1 is 1.00 bits per heavy atom. The third kappa shape index (κ3) is 4.93. The minimum Gasteiger partial charge on any atom is -0.447 e. The Kier molecular flexibility index (Phi) is 6.03. The second-order valence-corrected chi connectivity index (χ2v) is 5.76. The summed E-state index contributed by atoms with van der Waals surface area (Å²) >= 11 is 1.56. The van der Waals surface area contributed by atoms with Crippen molar-refractivity contribution in [2.45, 2.75) is 17.4 Å². The molecule has 0 heterocycles. The third-order valence-electron chi connectivity index (χ3n) is 2.93. The molecule has 5 heteroatoms. The highest BCUT2D eigenvalue weighted by Crippen LogP contribution is 2.20. The zero-order chi connectivity index (χ0) is 15.8. The van der Waals surface area contributed by atoms with Crippen LogP contribution < -0.4 is 5.73 Å². The molecule has 0 bridgehead atoms. The summed E-state index contributed by atoms with van der Waals surface area (Å²) < 4.78 is 5.21. The van der Waals surface area contributed by atoms with E-state index in [2.05, 4.69) is 0 Å². The van der Waals surface area contributed by atoms with Gasteiger partial charge in [-0.25, -0.2) is 0 Å². The SMILES string of the molecule is NC(=O)C(OC(=O)CCSc1ccccc1)c1ccccc1. The summed E-state index contributed by atoms with van der Waals surface area (Å²) in [5.74, 6) is -0.519. The topological polar surface area (TPSA) is 69.4 Å². The molecule has 2 N–H and O–H groups in total. The first-order valence-electron chi connectivity index (χ1n) is 6.88. The summed E-state index contributed by atoms with van der Waals surface area (Å²) in [4.78, 5) is 24.4. The van der Waals surface area contributed by atoms with E-state index >= 15 is 0 Å². The van der Waals surface area contributed by atoms with Crippen LogP contribution in [0.1, 0.15) is 18.1 Å². The van der Waals surface area contributed by atoms with Gasteiger partial charge in [0.05, 0.1) is 6.42 Å². The first-order chi connectivity index (χ1) is 10.7. The number of esters is 1. The molecular weight excluding hydrogens is 298 g/mol. The second kappa shape index (κ2) is 8.24. The fraction of sp³-hybridized carbons (Fsp3) is 0.176. The van der Waals surface area contributed by atoms with Gasteiger partial charge < -0.3 is 10.5 Å². The molecule has 22 heavy (non-hydrogen) atoms. The summed E-state index contributed by atoms with van der Waals surface area (Å²) in [5.41, 5.74) is 5.90. The molecule has 1 atom stereocenters. The average Bonchev–Trinajstić information content (AvgIpc) is 2.54. The molecule has 1 amide bonds. The first kappa shape index (κ1) is 16.1. The highest BCUT2D eigenvalue weighted by atomic mass is 32.2. The van der Waals surface area contributed by atoms with Gasteiger partial charge in [0.2, 0.25) is 6.10 Å². The van der Waals surface area contributed by atoms with Crippen LogP contribution in [0.2, 0.25) is 0 Å². The second-order valence-electron chi connectivity index (χ2n) is 4.59. The molecule has 0 aliphatic heterocycles. The Balaban J connectivity index is 1.85. The van der Waals surface area contributed by atoms with Crippen molar-refractivity contribution in [3.05, 3.63) is 66.2 Å². The lowest BCUT2D eigenvalue weighted by Crippen LogP contribution is -2.26. The van der Waals surface area contributed by atoms with Crippen LogP contribution in [0.3, 0.4) is 0 Å². The average molecular weight is 315 g/mol. The normalized spacial score (nSPS) is 11.6. The fourth-order valence-corrected chi connectivity index (χ4v) is 2.73. The lowest BCUT2D eigenvalue weighted by atomic mass is 10.1. The van der Waals surface area contributed by atoms with Crippen molar-refractivity contribution in [3.8, 4) is 0 Å². The van der Waals surface area contributed by atoms with Gasteiger partial charge in [0.1, 0.15) is 0 Å². The molecule has 0 saturated carbocycles. The van der Waals surface area contributed by atoms with Crippen molar-refractivity contribution in [1.29, 1.82) is 0 Å². The van der Waals surface area contributed by atoms with Crippen molar-refractivity contribution in [2.75, 3.05) is 5.75 Å². The van der Waals surface area contributed by atoms with Crippen molar-refractivity contribution in [2.24, 2.45) is 5.73 Å². The van der Waals surface area contributed by atoms with Gasteiger partial charge in [0.25, 0.3) is 5.91 Å². The van der Waals surface area contributed by atoms with Gasteiger partial charge >= 0.3 is 5.97 Å². The van der Waals surface area contributed by atoms with Crippen LogP contribution in [0.15, 0.2) is 65.6 Å². The maximum absolute atomic E-state index is 11.9. The molecule has 0 saturated heterocycles. The molecule has 0 aliphatic carbocycles. The van der Waals surface area contributed by atoms with Crippen molar-refractivity contribution >= 4 is 23.6 Å². The van der Waals surface area contributed by atoms with E-state index in [0.717, 1.165) is 4.90 Å². The molecule has 1 unspecified atom stereocenters. The van der Waals surface area contributed by atoms with Crippen molar-refractivity contribution in [1.82, 2.24) is 0 Å². The van der Waals surface area contributed by atoms with Gasteiger partial charge in [-0.05, 0) is 12.1 Å². The minimum atomic E-state index is -1.03. The molecule has 114 valence electrons. The van der Waals surface area contributed by atoms with E-state index in [0.29, 0.717) is 11.3 Å². The maximum atomic E-state index is 11.9. The van der Waals surface area contributed by atoms with Gasteiger partial charge in [-0.2, -0.15) is 0 Å². The largest absolute Gasteiger partial charge is 0.447 e. The number of rotatable bonds is 7. The van der Waals surface area contributed by atoms with E-state index in [1.807, 2.05) is 36.4 Å². The first-order valence-corrected chi connectivity index (χ1v) is 7.87. The number of carbonyl (C=O) groups excluding carboxylic acids is 2. The molecule has 0 radical (unpaired) electrons. The van der Waals surface area contributed by atoms with Crippen LogP contribution in [-0.2, 0) is 14.3 Å². The number of hydrogen-bond acceptors (Lipinski definition) is 4. The summed E-state index contributed by atoms with van der Waals surface area (Å²) in [7, 11) is 0. The number of amides is 1. The zero-order valence-corrected chi connectivity index (χ0v) is 12.8. The van der Waals surface area contributed by atoms with Crippen molar-refractivity contribution < 1.29 is 14.3 Å². The van der Waals surface area contributed by atoms with E-state index < -0.39 is 18.0 Å².